The highest BCUT2D eigenvalue weighted by atomic mass is 19.1. The molecule has 1 heterocycles. The Morgan fingerprint density at radius 1 is 1.62 bits per heavy atom. The van der Waals surface area contributed by atoms with E-state index in [1.807, 2.05) is 17.9 Å². The second-order valence-corrected chi connectivity index (χ2v) is 3.32. The van der Waals surface area contributed by atoms with Gasteiger partial charge < -0.3 is 10.6 Å². The Balaban J connectivity index is 2.52. The van der Waals surface area contributed by atoms with Crippen LogP contribution in [0.3, 0.4) is 0 Å². The molecule has 0 aliphatic carbocycles. The fourth-order valence-corrected chi connectivity index (χ4v) is 1.88. The van der Waals surface area contributed by atoms with Gasteiger partial charge in [-0.3, -0.25) is 0 Å². The van der Waals surface area contributed by atoms with Crippen molar-refractivity contribution in [3.05, 3.63) is 29.6 Å². The van der Waals surface area contributed by atoms with Crippen molar-refractivity contribution in [2.24, 2.45) is 5.73 Å². The minimum atomic E-state index is -0.160. The maximum absolute atomic E-state index is 13.4. The fraction of sp³-hybridized carbons (Fsp3) is 0.400. The number of fused-ring (bicyclic) bond motifs is 1. The third-order valence-electron chi connectivity index (χ3n) is 2.53. The minimum Gasteiger partial charge on any atom is -0.367 e. The summed E-state index contributed by atoms with van der Waals surface area (Å²) in [5.41, 5.74) is 7.50. The number of para-hydroxylation sites is 1. The molecule has 13 heavy (non-hydrogen) atoms. The van der Waals surface area contributed by atoms with Gasteiger partial charge in [-0.1, -0.05) is 12.1 Å². The number of hydrogen-bond acceptors (Lipinski definition) is 2. The summed E-state index contributed by atoms with van der Waals surface area (Å²) >= 11 is 0. The predicted molar refractivity (Wildman–Crippen MR) is 51.2 cm³/mol. The van der Waals surface area contributed by atoms with Crippen LogP contribution in [-0.4, -0.2) is 13.1 Å². The third-order valence-corrected chi connectivity index (χ3v) is 2.53. The van der Waals surface area contributed by atoms with Gasteiger partial charge in [0, 0.05) is 19.1 Å². The molecule has 0 radical (unpaired) electrons. The molecule has 0 bridgehead atoms. The molecule has 2 rings (SSSR count). The van der Waals surface area contributed by atoms with Crippen molar-refractivity contribution in [1.29, 1.82) is 0 Å². The van der Waals surface area contributed by atoms with E-state index in [2.05, 4.69) is 0 Å². The Hall–Kier alpha value is -1.09. The van der Waals surface area contributed by atoms with Gasteiger partial charge in [0.15, 0.2) is 0 Å². The van der Waals surface area contributed by atoms with Gasteiger partial charge in [-0.15, -0.1) is 0 Å². The van der Waals surface area contributed by atoms with Crippen LogP contribution in [0.2, 0.25) is 0 Å². The Labute approximate surface area is 77.2 Å². The van der Waals surface area contributed by atoms with E-state index in [1.165, 1.54) is 6.07 Å². The number of nitrogens with two attached hydrogens (primary N) is 1. The average Bonchev–Trinajstić information content (AvgIpc) is 2.45. The highest BCUT2D eigenvalue weighted by Gasteiger charge is 2.27. The van der Waals surface area contributed by atoms with Crippen LogP contribution in [0.5, 0.6) is 0 Å². The molecule has 0 aromatic heterocycles. The molecule has 1 aromatic carbocycles. The van der Waals surface area contributed by atoms with Gasteiger partial charge in [0.1, 0.15) is 5.82 Å². The Morgan fingerprint density at radius 2 is 2.38 bits per heavy atom. The molecule has 70 valence electrons. The molecule has 2 nitrogen and oxygen atoms in total. The van der Waals surface area contributed by atoms with Gasteiger partial charge in [0.25, 0.3) is 0 Å². The average molecular weight is 180 g/mol. The molecule has 1 aromatic rings. The first kappa shape index (κ1) is 8.51. The minimum absolute atomic E-state index is 0.0364. The summed E-state index contributed by atoms with van der Waals surface area (Å²) < 4.78 is 13.4. The first-order valence-corrected chi connectivity index (χ1v) is 4.53. The van der Waals surface area contributed by atoms with Gasteiger partial charge in [-0.05, 0) is 18.6 Å². The lowest BCUT2D eigenvalue weighted by molar-refractivity contribution is 0.623. The third kappa shape index (κ3) is 1.20. The second-order valence-electron chi connectivity index (χ2n) is 3.32. The largest absolute Gasteiger partial charge is 0.367 e. The zero-order valence-corrected chi connectivity index (χ0v) is 7.63. The molecule has 1 unspecified atom stereocenters. The molecule has 0 spiro atoms. The van der Waals surface area contributed by atoms with Crippen LogP contribution in [-0.2, 0) is 0 Å². The highest BCUT2D eigenvalue weighted by Crippen LogP contribution is 2.34. The zero-order chi connectivity index (χ0) is 9.42. The maximum Gasteiger partial charge on any atom is 0.146 e. The van der Waals surface area contributed by atoms with E-state index in [0.717, 1.165) is 18.7 Å². The van der Waals surface area contributed by atoms with Crippen LogP contribution >= 0.6 is 0 Å². The number of nitrogens with zero attached hydrogens (tertiary/aromatic N) is 1. The van der Waals surface area contributed by atoms with Gasteiger partial charge in [-0.25, -0.2) is 4.39 Å². The van der Waals surface area contributed by atoms with Gasteiger partial charge in [0.2, 0.25) is 0 Å². The number of rotatable bonds is 1. The SMILES string of the molecule is CCN1CC(N)c2cccc(F)c21. The molecule has 1 atom stereocenters. The van der Waals surface area contributed by atoms with Crippen molar-refractivity contribution in [2.45, 2.75) is 13.0 Å². The number of halogens is 1. The molecular weight excluding hydrogens is 167 g/mol. The van der Waals surface area contributed by atoms with Gasteiger partial charge in [0.05, 0.1) is 5.69 Å². The van der Waals surface area contributed by atoms with E-state index in [-0.39, 0.29) is 11.9 Å². The normalized spacial score (nSPS) is 20.5. The van der Waals surface area contributed by atoms with Gasteiger partial charge >= 0.3 is 0 Å². The fourth-order valence-electron chi connectivity index (χ4n) is 1.88. The number of anilines is 1. The van der Waals surface area contributed by atoms with Crippen LogP contribution in [0.25, 0.3) is 0 Å². The highest BCUT2D eigenvalue weighted by molar-refractivity contribution is 5.60. The summed E-state index contributed by atoms with van der Waals surface area (Å²) in [7, 11) is 0. The predicted octanol–water partition coefficient (Wildman–Crippen LogP) is 1.67. The van der Waals surface area contributed by atoms with Crippen molar-refractivity contribution in [3.8, 4) is 0 Å². The Morgan fingerprint density at radius 3 is 3.08 bits per heavy atom. The van der Waals surface area contributed by atoms with E-state index in [4.69, 9.17) is 5.73 Å². The zero-order valence-electron chi connectivity index (χ0n) is 7.63. The summed E-state index contributed by atoms with van der Waals surface area (Å²) in [6.45, 7) is 3.54. The monoisotopic (exact) mass is 180 g/mol. The standard InChI is InChI=1S/C10H13FN2/c1-2-13-6-9(12)7-4-3-5-8(11)10(7)13/h3-5,9H,2,6,12H2,1H3. The van der Waals surface area contributed by atoms with Crippen molar-refractivity contribution < 1.29 is 4.39 Å². The Bertz CT molecular complexity index is 325. The lowest BCUT2D eigenvalue weighted by Gasteiger charge is -2.16. The molecule has 1 aliphatic heterocycles. The molecule has 1 aliphatic rings. The summed E-state index contributed by atoms with van der Waals surface area (Å²) in [6.07, 6.45) is 0. The topological polar surface area (TPSA) is 29.3 Å². The van der Waals surface area contributed by atoms with E-state index in [9.17, 15) is 4.39 Å². The van der Waals surface area contributed by atoms with E-state index < -0.39 is 0 Å². The molecule has 0 saturated carbocycles. The molecular formula is C10H13FN2. The first-order chi connectivity index (χ1) is 6.24. The van der Waals surface area contributed by atoms with Crippen LogP contribution < -0.4 is 10.6 Å². The molecule has 3 heteroatoms. The van der Waals surface area contributed by atoms with Crippen LogP contribution in [0, 0.1) is 5.82 Å². The summed E-state index contributed by atoms with van der Waals surface area (Å²) in [5.74, 6) is -0.160. The van der Waals surface area contributed by atoms with Crippen molar-refractivity contribution in [3.63, 3.8) is 0 Å². The van der Waals surface area contributed by atoms with Crippen LogP contribution in [0.4, 0.5) is 10.1 Å². The van der Waals surface area contributed by atoms with Crippen molar-refractivity contribution in [2.75, 3.05) is 18.0 Å². The quantitative estimate of drug-likeness (QED) is 0.712. The van der Waals surface area contributed by atoms with Crippen LogP contribution in [0.1, 0.15) is 18.5 Å². The lowest BCUT2D eigenvalue weighted by atomic mass is 10.1. The van der Waals surface area contributed by atoms with Gasteiger partial charge in [-0.2, -0.15) is 0 Å². The molecule has 0 saturated heterocycles. The van der Waals surface area contributed by atoms with E-state index in [0.29, 0.717) is 5.69 Å². The number of likely N-dealkylation sites (N-methyl/N-ethyl adjacent to an activating group) is 1. The first-order valence-electron chi connectivity index (χ1n) is 4.53. The maximum atomic E-state index is 13.4. The Kier molecular flexibility index (Phi) is 1.96. The van der Waals surface area contributed by atoms with Crippen LogP contribution in [0.15, 0.2) is 18.2 Å². The second kappa shape index (κ2) is 3.00. The number of hydrogen-bond donors (Lipinski definition) is 1. The van der Waals surface area contributed by atoms with Crippen molar-refractivity contribution in [1.82, 2.24) is 0 Å². The summed E-state index contributed by atoms with van der Waals surface area (Å²) in [5, 5.41) is 0. The summed E-state index contributed by atoms with van der Waals surface area (Å²) in [4.78, 5) is 1.98. The molecule has 2 N–H and O–H groups in total. The smallest absolute Gasteiger partial charge is 0.146 e. The lowest BCUT2D eigenvalue weighted by Crippen LogP contribution is -2.24. The molecule has 0 amide bonds. The summed E-state index contributed by atoms with van der Waals surface area (Å²) in [6, 6.07) is 5.07. The van der Waals surface area contributed by atoms with E-state index in [1.54, 1.807) is 6.07 Å². The molecule has 0 fully saturated rings. The van der Waals surface area contributed by atoms with E-state index >= 15 is 0 Å². The number of benzene rings is 1. The van der Waals surface area contributed by atoms with Crippen molar-refractivity contribution >= 4 is 5.69 Å².